The van der Waals surface area contributed by atoms with Crippen molar-refractivity contribution < 1.29 is 9.53 Å². The summed E-state index contributed by atoms with van der Waals surface area (Å²) in [7, 11) is 0. The van der Waals surface area contributed by atoms with Gasteiger partial charge < -0.3 is 4.74 Å². The van der Waals surface area contributed by atoms with Crippen molar-refractivity contribution in [2.45, 2.75) is 36.6 Å². The van der Waals surface area contributed by atoms with Crippen LogP contribution in [0.2, 0.25) is 0 Å². The van der Waals surface area contributed by atoms with Crippen molar-refractivity contribution in [3.05, 3.63) is 5.82 Å². The van der Waals surface area contributed by atoms with Crippen LogP contribution in [0.1, 0.15) is 32.0 Å². The number of hydrogen-bond acceptors (Lipinski definition) is 5. The van der Waals surface area contributed by atoms with E-state index in [0.717, 1.165) is 12.2 Å². The van der Waals surface area contributed by atoms with E-state index in [-0.39, 0.29) is 11.2 Å². The minimum atomic E-state index is -0.157. The molecule has 1 aromatic heterocycles. The van der Waals surface area contributed by atoms with E-state index in [9.17, 15) is 4.79 Å². The molecule has 2 rings (SSSR count). The molecule has 1 N–H and O–H groups in total. The third kappa shape index (κ3) is 2.31. The molecule has 1 saturated heterocycles. The van der Waals surface area contributed by atoms with Crippen LogP contribution in [0.4, 0.5) is 0 Å². The molecule has 1 aliphatic rings. The van der Waals surface area contributed by atoms with E-state index < -0.39 is 0 Å². The first-order valence-corrected chi connectivity index (χ1v) is 5.80. The molecular weight excluding hydrogens is 214 g/mol. The molecule has 82 valence electrons. The Morgan fingerprint density at radius 2 is 2.40 bits per heavy atom. The monoisotopic (exact) mass is 227 g/mol. The lowest BCUT2D eigenvalue weighted by Gasteiger charge is -1.99. The standard InChI is InChI=1S/C9H13N3O2S/c1-5(2)7-10-9(12-11-7)15-6-3-4-14-8(6)13/h5-6H,3-4H2,1-2H3,(H,10,11,12). The Bertz CT molecular complexity index is 364. The van der Waals surface area contributed by atoms with Gasteiger partial charge in [-0.05, 0) is 0 Å². The van der Waals surface area contributed by atoms with Crippen LogP contribution in [-0.4, -0.2) is 33.0 Å². The van der Waals surface area contributed by atoms with Crippen LogP contribution in [0.5, 0.6) is 0 Å². The fourth-order valence-electron chi connectivity index (χ4n) is 1.28. The summed E-state index contributed by atoms with van der Waals surface area (Å²) in [6.07, 6.45) is 0.745. The molecule has 1 atom stereocenters. The zero-order valence-corrected chi connectivity index (χ0v) is 9.50. The lowest BCUT2D eigenvalue weighted by Crippen LogP contribution is -2.09. The quantitative estimate of drug-likeness (QED) is 0.789. The normalized spacial score (nSPS) is 21.0. The van der Waals surface area contributed by atoms with Crippen LogP contribution in [0.25, 0.3) is 0 Å². The van der Waals surface area contributed by atoms with Gasteiger partial charge in [0.1, 0.15) is 11.1 Å². The van der Waals surface area contributed by atoms with E-state index in [1.54, 1.807) is 0 Å². The predicted octanol–water partition coefficient (Wildman–Crippen LogP) is 1.34. The summed E-state index contributed by atoms with van der Waals surface area (Å²) in [5, 5.41) is 7.40. The molecule has 0 bridgehead atoms. The zero-order chi connectivity index (χ0) is 10.8. The maximum absolute atomic E-state index is 11.2. The Morgan fingerprint density at radius 1 is 1.60 bits per heavy atom. The second-order valence-corrected chi connectivity index (χ2v) is 4.89. The second-order valence-electron chi connectivity index (χ2n) is 3.72. The first-order chi connectivity index (χ1) is 7.16. The molecule has 2 heterocycles. The number of rotatable bonds is 3. The molecule has 15 heavy (non-hydrogen) atoms. The van der Waals surface area contributed by atoms with Crippen LogP contribution in [-0.2, 0) is 9.53 Å². The molecule has 0 spiro atoms. The first-order valence-electron chi connectivity index (χ1n) is 4.92. The number of nitrogens with zero attached hydrogens (tertiary/aromatic N) is 2. The SMILES string of the molecule is CC(C)c1nc(SC2CCOC2=O)n[nH]1. The number of H-pyrrole nitrogens is 1. The van der Waals surface area contributed by atoms with Crippen molar-refractivity contribution >= 4 is 17.7 Å². The van der Waals surface area contributed by atoms with Crippen molar-refractivity contribution in [3.8, 4) is 0 Å². The average Bonchev–Trinajstić information content (AvgIpc) is 2.77. The highest BCUT2D eigenvalue weighted by molar-refractivity contribution is 8.00. The summed E-state index contributed by atoms with van der Waals surface area (Å²) in [5.74, 6) is 1.02. The minimum Gasteiger partial charge on any atom is -0.465 e. The highest BCUT2D eigenvalue weighted by Crippen LogP contribution is 2.27. The molecule has 0 amide bonds. The number of thioether (sulfide) groups is 1. The maximum Gasteiger partial charge on any atom is 0.319 e. The highest BCUT2D eigenvalue weighted by atomic mass is 32.2. The van der Waals surface area contributed by atoms with Crippen molar-refractivity contribution in [1.82, 2.24) is 15.2 Å². The van der Waals surface area contributed by atoms with Crippen LogP contribution < -0.4 is 0 Å². The van der Waals surface area contributed by atoms with Gasteiger partial charge in [-0.3, -0.25) is 9.89 Å². The van der Waals surface area contributed by atoms with Gasteiger partial charge >= 0.3 is 5.97 Å². The van der Waals surface area contributed by atoms with Gasteiger partial charge in [-0.2, -0.15) is 0 Å². The number of hydrogen-bond donors (Lipinski definition) is 1. The van der Waals surface area contributed by atoms with E-state index in [2.05, 4.69) is 15.2 Å². The van der Waals surface area contributed by atoms with Gasteiger partial charge in [-0.15, -0.1) is 5.10 Å². The van der Waals surface area contributed by atoms with Crippen LogP contribution in [0, 0.1) is 0 Å². The number of ether oxygens (including phenoxy) is 1. The Morgan fingerprint density at radius 3 is 2.93 bits per heavy atom. The molecule has 0 saturated carbocycles. The number of carbonyl (C=O) groups is 1. The maximum atomic E-state index is 11.2. The number of aromatic amines is 1. The fourth-order valence-corrected chi connectivity index (χ4v) is 2.16. The van der Waals surface area contributed by atoms with Gasteiger partial charge in [0.15, 0.2) is 0 Å². The van der Waals surface area contributed by atoms with Gasteiger partial charge in [0.2, 0.25) is 5.16 Å². The Kier molecular flexibility index (Phi) is 2.95. The van der Waals surface area contributed by atoms with Crippen molar-refractivity contribution in [1.29, 1.82) is 0 Å². The predicted molar refractivity (Wildman–Crippen MR) is 55.7 cm³/mol. The molecule has 5 nitrogen and oxygen atoms in total. The molecule has 0 aromatic carbocycles. The topological polar surface area (TPSA) is 67.9 Å². The molecule has 6 heteroatoms. The number of carbonyl (C=O) groups excluding carboxylic acids is 1. The average molecular weight is 227 g/mol. The molecule has 1 fully saturated rings. The van der Waals surface area contributed by atoms with Crippen LogP contribution >= 0.6 is 11.8 Å². The Balaban J connectivity index is 2.01. The number of esters is 1. The van der Waals surface area contributed by atoms with Gasteiger partial charge in [0, 0.05) is 12.3 Å². The Hall–Kier alpha value is -1.04. The van der Waals surface area contributed by atoms with E-state index >= 15 is 0 Å². The molecule has 1 unspecified atom stereocenters. The smallest absolute Gasteiger partial charge is 0.319 e. The summed E-state index contributed by atoms with van der Waals surface area (Å²) in [4.78, 5) is 15.5. The van der Waals surface area contributed by atoms with Crippen LogP contribution in [0.3, 0.4) is 0 Å². The molecule has 1 aromatic rings. The summed E-state index contributed by atoms with van der Waals surface area (Å²) >= 11 is 1.37. The summed E-state index contributed by atoms with van der Waals surface area (Å²) in [6, 6.07) is 0. The summed E-state index contributed by atoms with van der Waals surface area (Å²) < 4.78 is 4.87. The second kappa shape index (κ2) is 4.22. The van der Waals surface area contributed by atoms with Crippen molar-refractivity contribution in [2.75, 3.05) is 6.61 Å². The summed E-state index contributed by atoms with van der Waals surface area (Å²) in [5.41, 5.74) is 0. The van der Waals surface area contributed by atoms with Gasteiger partial charge in [-0.25, -0.2) is 4.98 Å². The van der Waals surface area contributed by atoms with Crippen molar-refractivity contribution in [3.63, 3.8) is 0 Å². The fraction of sp³-hybridized carbons (Fsp3) is 0.667. The number of cyclic esters (lactones) is 1. The lowest BCUT2D eigenvalue weighted by molar-refractivity contribution is -0.137. The van der Waals surface area contributed by atoms with Crippen LogP contribution in [0.15, 0.2) is 5.16 Å². The van der Waals surface area contributed by atoms with E-state index in [4.69, 9.17) is 4.74 Å². The van der Waals surface area contributed by atoms with Gasteiger partial charge in [0.05, 0.1) is 6.61 Å². The van der Waals surface area contributed by atoms with E-state index in [1.807, 2.05) is 13.8 Å². The molecular formula is C9H13N3O2S. The third-order valence-corrected chi connectivity index (χ3v) is 3.27. The molecule has 0 radical (unpaired) electrons. The van der Waals surface area contributed by atoms with Gasteiger partial charge in [0.25, 0.3) is 0 Å². The molecule has 0 aliphatic carbocycles. The zero-order valence-electron chi connectivity index (χ0n) is 8.69. The summed E-state index contributed by atoms with van der Waals surface area (Å²) in [6.45, 7) is 4.59. The minimum absolute atomic E-state index is 0.138. The molecule has 1 aliphatic heterocycles. The Labute approximate surface area is 92.0 Å². The highest BCUT2D eigenvalue weighted by Gasteiger charge is 2.28. The van der Waals surface area contributed by atoms with E-state index in [1.165, 1.54) is 11.8 Å². The lowest BCUT2D eigenvalue weighted by atomic mass is 10.2. The van der Waals surface area contributed by atoms with E-state index in [0.29, 0.717) is 17.7 Å². The number of aromatic nitrogens is 3. The largest absolute Gasteiger partial charge is 0.465 e. The number of nitrogens with one attached hydrogen (secondary N) is 1. The van der Waals surface area contributed by atoms with Gasteiger partial charge in [-0.1, -0.05) is 25.6 Å². The first kappa shape index (κ1) is 10.5. The third-order valence-electron chi connectivity index (χ3n) is 2.16. The van der Waals surface area contributed by atoms with Crippen molar-refractivity contribution in [2.24, 2.45) is 0 Å².